The fourth-order valence-corrected chi connectivity index (χ4v) is 13.4. The van der Waals surface area contributed by atoms with Gasteiger partial charge in [-0.2, -0.15) is 0 Å². The number of halogens is 1. The first-order valence-electron chi connectivity index (χ1n) is 15.5. The molecule has 0 bridgehead atoms. The van der Waals surface area contributed by atoms with Gasteiger partial charge in [0.15, 0.2) is 8.07 Å². The lowest BCUT2D eigenvalue weighted by molar-refractivity contribution is 1.29. The van der Waals surface area contributed by atoms with Crippen LogP contribution in [0.5, 0.6) is 0 Å². The minimum atomic E-state index is -2.61. The van der Waals surface area contributed by atoms with Crippen LogP contribution < -0.4 is 25.6 Å². The van der Waals surface area contributed by atoms with E-state index in [2.05, 4.69) is 203 Å². The van der Waals surface area contributed by atoms with Gasteiger partial charge in [0, 0.05) is 41.7 Å². The lowest BCUT2D eigenvalue weighted by Crippen LogP contribution is -2.74. The Labute approximate surface area is 283 Å². The van der Waals surface area contributed by atoms with Crippen molar-refractivity contribution < 1.29 is 0 Å². The molecule has 0 atom stereocenters. The molecular weight excluding hydrogens is 659 g/mol. The molecule has 4 heteroatoms. The average molecular weight is 689 g/mol. The Morgan fingerprint density at radius 3 is 1.43 bits per heavy atom. The van der Waals surface area contributed by atoms with Gasteiger partial charge in [-0.3, -0.25) is 0 Å². The molecule has 1 aromatic heterocycles. The molecule has 1 heterocycles. The van der Waals surface area contributed by atoms with Crippen LogP contribution in [0.25, 0.3) is 20.2 Å². The second-order valence-electron chi connectivity index (χ2n) is 11.5. The van der Waals surface area contributed by atoms with Gasteiger partial charge in [0.25, 0.3) is 0 Å². The molecule has 0 amide bonds. The number of hydrogen-bond acceptors (Lipinski definition) is 2. The number of benzene rings is 7. The Hall–Kier alpha value is -4.74. The maximum absolute atomic E-state index is 3.94. The van der Waals surface area contributed by atoms with E-state index in [9.17, 15) is 0 Å². The first-order valence-corrected chi connectivity index (χ1v) is 19.1. The maximum Gasteiger partial charge on any atom is 0.179 e. The lowest BCUT2D eigenvalue weighted by atomic mass is 10.1. The third-order valence-electron chi connectivity index (χ3n) is 8.87. The highest BCUT2D eigenvalue weighted by molar-refractivity contribution is 9.10. The number of hydrogen-bond donors (Lipinski definition) is 0. The van der Waals surface area contributed by atoms with Crippen LogP contribution in [0.4, 0.5) is 17.1 Å². The molecule has 1 nitrogen and oxygen atoms in total. The number of para-hydroxylation sites is 1. The number of anilines is 3. The van der Waals surface area contributed by atoms with Crippen molar-refractivity contribution in [1.82, 2.24) is 0 Å². The smallest absolute Gasteiger partial charge is 0.179 e. The summed E-state index contributed by atoms with van der Waals surface area (Å²) in [5.41, 5.74) is 3.37. The fraction of sp³-hybridized carbons (Fsp3) is 0. The van der Waals surface area contributed by atoms with Crippen LogP contribution in [0, 0.1) is 0 Å². The quantitative estimate of drug-likeness (QED) is 0.119. The van der Waals surface area contributed by atoms with Gasteiger partial charge in [0.1, 0.15) is 0 Å². The van der Waals surface area contributed by atoms with Gasteiger partial charge in [-0.05, 0) is 79.1 Å². The zero-order chi connectivity index (χ0) is 30.9. The third-order valence-corrected chi connectivity index (χ3v) is 15.8. The van der Waals surface area contributed by atoms with Gasteiger partial charge >= 0.3 is 0 Å². The summed E-state index contributed by atoms with van der Waals surface area (Å²) in [7, 11) is -2.61. The summed E-state index contributed by atoms with van der Waals surface area (Å²) in [5, 5.41) is 8.04. The summed E-state index contributed by atoms with van der Waals surface area (Å²) < 4.78 is 3.69. The Morgan fingerprint density at radius 2 is 0.870 bits per heavy atom. The van der Waals surface area contributed by atoms with Crippen molar-refractivity contribution >= 4 is 93.3 Å². The van der Waals surface area contributed by atoms with Crippen LogP contribution in [0.3, 0.4) is 0 Å². The zero-order valence-electron chi connectivity index (χ0n) is 25.1. The maximum atomic E-state index is 3.94. The molecule has 0 radical (unpaired) electrons. The summed E-state index contributed by atoms with van der Waals surface area (Å²) in [6.07, 6.45) is 0. The van der Waals surface area contributed by atoms with E-state index >= 15 is 0 Å². The Morgan fingerprint density at radius 1 is 0.413 bits per heavy atom. The molecule has 0 aliphatic heterocycles. The molecule has 8 rings (SSSR count). The van der Waals surface area contributed by atoms with Crippen molar-refractivity contribution in [2.24, 2.45) is 0 Å². The lowest BCUT2D eigenvalue weighted by Gasteiger charge is -2.35. The number of rotatable bonds is 7. The van der Waals surface area contributed by atoms with E-state index in [-0.39, 0.29) is 0 Å². The third kappa shape index (κ3) is 4.90. The van der Waals surface area contributed by atoms with Gasteiger partial charge in [-0.15, -0.1) is 11.3 Å². The molecule has 0 aliphatic carbocycles. The van der Waals surface area contributed by atoms with Gasteiger partial charge in [-0.1, -0.05) is 140 Å². The van der Waals surface area contributed by atoms with Crippen molar-refractivity contribution in [3.63, 3.8) is 0 Å². The second kappa shape index (κ2) is 12.2. The van der Waals surface area contributed by atoms with Crippen molar-refractivity contribution in [1.29, 1.82) is 0 Å². The highest BCUT2D eigenvalue weighted by Crippen LogP contribution is 2.43. The molecule has 0 aliphatic rings. The van der Waals surface area contributed by atoms with Crippen molar-refractivity contribution in [2.45, 2.75) is 0 Å². The van der Waals surface area contributed by atoms with E-state index < -0.39 is 8.07 Å². The summed E-state index contributed by atoms with van der Waals surface area (Å²) in [5.74, 6) is 0. The molecule has 7 aromatic carbocycles. The minimum absolute atomic E-state index is 1.11. The van der Waals surface area contributed by atoms with E-state index in [1.165, 1.54) is 40.9 Å². The van der Waals surface area contributed by atoms with Crippen molar-refractivity contribution in [3.8, 4) is 0 Å². The molecule has 0 saturated heterocycles. The van der Waals surface area contributed by atoms with Crippen LogP contribution >= 0.6 is 27.3 Å². The van der Waals surface area contributed by atoms with Gasteiger partial charge in [0.2, 0.25) is 0 Å². The average Bonchev–Trinajstić information content (AvgIpc) is 3.51. The summed E-state index contributed by atoms with van der Waals surface area (Å²) in [4.78, 5) is 2.37. The SMILES string of the molecule is Brc1cc(N(c2ccccc2)c2ccc([Si](c3ccccc3)(c3ccccc3)c3ccccc3)cc2)cc2c1sc1ccccc12. The standard InChI is InChI=1S/C42H30BrNSSi/c43-40-30-33(29-39-38-23-13-14-24-41(38)45-42(39)40)44(31-15-5-1-6-16-31)32-25-27-37(28-26-32)46(34-17-7-2-8-18-34,35-19-9-3-10-20-35)36-21-11-4-12-22-36/h1-30H. The van der Waals surface area contributed by atoms with E-state index in [4.69, 9.17) is 0 Å². The summed E-state index contributed by atoms with van der Waals surface area (Å²) in [6.45, 7) is 0. The molecule has 46 heavy (non-hydrogen) atoms. The molecular formula is C42H30BrNSSi. The van der Waals surface area contributed by atoms with Crippen LogP contribution in [-0.2, 0) is 0 Å². The van der Waals surface area contributed by atoms with Gasteiger partial charge < -0.3 is 4.90 Å². The minimum Gasteiger partial charge on any atom is -0.310 e. The Balaban J connectivity index is 1.34. The van der Waals surface area contributed by atoms with Crippen molar-refractivity contribution in [2.75, 3.05) is 4.90 Å². The van der Waals surface area contributed by atoms with Crippen LogP contribution in [0.1, 0.15) is 0 Å². The monoisotopic (exact) mass is 687 g/mol. The Bertz CT molecular complexity index is 2150. The number of nitrogens with zero attached hydrogens (tertiary/aromatic N) is 1. The van der Waals surface area contributed by atoms with Crippen LogP contribution in [0.2, 0.25) is 0 Å². The molecule has 8 aromatic rings. The van der Waals surface area contributed by atoms with Crippen molar-refractivity contribution in [3.05, 3.63) is 186 Å². The van der Waals surface area contributed by atoms with Gasteiger partial charge in [-0.25, -0.2) is 0 Å². The van der Waals surface area contributed by atoms with E-state index in [1.54, 1.807) is 0 Å². The summed E-state index contributed by atoms with van der Waals surface area (Å²) >= 11 is 5.78. The van der Waals surface area contributed by atoms with E-state index in [0.29, 0.717) is 0 Å². The fourth-order valence-electron chi connectivity index (χ4n) is 6.85. The number of thiophene rings is 1. The largest absolute Gasteiger partial charge is 0.310 e. The van der Waals surface area contributed by atoms with Gasteiger partial charge in [0.05, 0.1) is 0 Å². The zero-order valence-corrected chi connectivity index (χ0v) is 28.5. The molecule has 0 unspecified atom stereocenters. The number of fused-ring (bicyclic) bond motifs is 3. The molecule has 0 spiro atoms. The Kier molecular flexibility index (Phi) is 7.63. The van der Waals surface area contributed by atoms with E-state index in [1.807, 2.05) is 11.3 Å². The summed E-state index contributed by atoms with van der Waals surface area (Å²) in [6, 6.07) is 66.6. The first-order chi connectivity index (χ1) is 22.7. The van der Waals surface area contributed by atoms with Crippen LogP contribution in [0.15, 0.2) is 186 Å². The second-order valence-corrected chi connectivity index (χ2v) is 17.2. The van der Waals surface area contributed by atoms with Crippen LogP contribution in [-0.4, -0.2) is 8.07 Å². The molecule has 0 N–H and O–H groups in total. The predicted molar refractivity (Wildman–Crippen MR) is 205 cm³/mol. The molecule has 0 saturated carbocycles. The highest BCUT2D eigenvalue weighted by Gasteiger charge is 2.41. The molecule has 0 fully saturated rings. The van der Waals surface area contributed by atoms with E-state index in [0.717, 1.165) is 21.5 Å². The predicted octanol–water partition coefficient (Wildman–Crippen LogP) is 9.66. The topological polar surface area (TPSA) is 3.24 Å². The first kappa shape index (κ1) is 28.7. The molecule has 220 valence electrons. The normalized spacial score (nSPS) is 11.6. The highest BCUT2D eigenvalue weighted by atomic mass is 79.9.